The minimum absolute atomic E-state index is 0.648. The third kappa shape index (κ3) is 2.28. The van der Waals surface area contributed by atoms with E-state index >= 15 is 0 Å². The summed E-state index contributed by atoms with van der Waals surface area (Å²) in [5.41, 5.74) is 3.67. The van der Waals surface area contributed by atoms with Gasteiger partial charge in [-0.3, -0.25) is 4.90 Å². The molecule has 1 aliphatic rings. The highest BCUT2D eigenvalue weighted by atomic mass is 35.5. The second-order valence-corrected chi connectivity index (χ2v) is 5.51. The first-order valence-electron chi connectivity index (χ1n) is 6.81. The lowest BCUT2D eigenvalue weighted by molar-refractivity contribution is 0.141. The number of aromatic amines is 1. The van der Waals surface area contributed by atoms with E-state index in [0.717, 1.165) is 43.9 Å². The van der Waals surface area contributed by atoms with E-state index in [1.807, 2.05) is 6.07 Å². The molecule has 1 aliphatic heterocycles. The van der Waals surface area contributed by atoms with Gasteiger partial charge in [-0.05, 0) is 11.6 Å². The molecule has 1 aromatic heterocycles. The molecule has 2 aromatic rings. The maximum absolute atomic E-state index is 6.19. The third-order valence-electron chi connectivity index (χ3n) is 3.95. The van der Waals surface area contributed by atoms with Crippen LogP contribution >= 0.6 is 11.6 Å². The zero-order valence-corrected chi connectivity index (χ0v) is 12.6. The molecule has 2 heterocycles. The summed E-state index contributed by atoms with van der Waals surface area (Å²) in [6.45, 7) is 3.74. The fourth-order valence-electron chi connectivity index (χ4n) is 2.90. The van der Waals surface area contributed by atoms with Crippen molar-refractivity contribution in [3.05, 3.63) is 28.4 Å². The lowest BCUT2D eigenvalue weighted by Crippen LogP contribution is -2.32. The van der Waals surface area contributed by atoms with Crippen molar-refractivity contribution in [2.75, 3.05) is 33.9 Å². The Labute approximate surface area is 123 Å². The highest BCUT2D eigenvalue weighted by Gasteiger charge is 2.22. The monoisotopic (exact) mass is 294 g/mol. The van der Waals surface area contributed by atoms with E-state index < -0.39 is 0 Å². The standard InChI is InChI=1S/C15H19ClN2O2/c1-19-8-7-18-6-5-13-11(9-18)10-3-4-12(16)15(20-2)14(10)17-13/h3-4,17H,5-9H2,1-2H3. The molecule has 0 radical (unpaired) electrons. The van der Waals surface area contributed by atoms with Crippen LogP contribution in [0.1, 0.15) is 11.3 Å². The van der Waals surface area contributed by atoms with Crippen molar-refractivity contribution in [3.63, 3.8) is 0 Å². The number of H-pyrrole nitrogens is 1. The Morgan fingerprint density at radius 3 is 2.95 bits per heavy atom. The average molecular weight is 295 g/mol. The predicted molar refractivity (Wildman–Crippen MR) is 80.7 cm³/mol. The molecule has 0 fully saturated rings. The molecule has 0 unspecified atom stereocenters. The van der Waals surface area contributed by atoms with Gasteiger partial charge in [0.15, 0.2) is 5.75 Å². The zero-order valence-electron chi connectivity index (χ0n) is 11.8. The number of fused-ring (bicyclic) bond motifs is 3. The first-order valence-corrected chi connectivity index (χ1v) is 7.19. The van der Waals surface area contributed by atoms with Crippen LogP contribution < -0.4 is 4.74 Å². The highest BCUT2D eigenvalue weighted by Crippen LogP contribution is 2.37. The summed E-state index contributed by atoms with van der Waals surface area (Å²) in [5.74, 6) is 0.738. The number of hydrogen-bond acceptors (Lipinski definition) is 3. The van der Waals surface area contributed by atoms with Gasteiger partial charge in [0.05, 0.1) is 24.3 Å². The Hall–Kier alpha value is -1.23. The molecule has 1 aromatic carbocycles. The number of halogens is 1. The molecule has 108 valence electrons. The van der Waals surface area contributed by atoms with Gasteiger partial charge in [0.2, 0.25) is 0 Å². The third-order valence-corrected chi connectivity index (χ3v) is 4.25. The van der Waals surface area contributed by atoms with Gasteiger partial charge in [-0.25, -0.2) is 0 Å². The minimum Gasteiger partial charge on any atom is -0.493 e. The summed E-state index contributed by atoms with van der Waals surface area (Å²) in [5, 5.41) is 1.86. The van der Waals surface area contributed by atoms with Crippen LogP contribution in [-0.2, 0) is 17.7 Å². The van der Waals surface area contributed by atoms with Gasteiger partial charge in [0.1, 0.15) is 0 Å². The average Bonchev–Trinajstić information content (AvgIpc) is 2.82. The summed E-state index contributed by atoms with van der Waals surface area (Å²) >= 11 is 6.19. The van der Waals surface area contributed by atoms with Crippen LogP contribution in [0.15, 0.2) is 12.1 Å². The Balaban J connectivity index is 1.99. The Morgan fingerprint density at radius 2 is 2.20 bits per heavy atom. The van der Waals surface area contributed by atoms with Gasteiger partial charge in [-0.15, -0.1) is 0 Å². The maximum Gasteiger partial charge on any atom is 0.161 e. The SMILES string of the molecule is COCCN1CCc2[nH]c3c(OC)c(Cl)ccc3c2C1. The van der Waals surface area contributed by atoms with Gasteiger partial charge >= 0.3 is 0 Å². The van der Waals surface area contributed by atoms with Crippen LogP contribution in [0.3, 0.4) is 0 Å². The predicted octanol–water partition coefficient (Wildman–Crippen LogP) is 2.83. The van der Waals surface area contributed by atoms with Crippen molar-refractivity contribution in [3.8, 4) is 5.75 Å². The minimum atomic E-state index is 0.648. The normalized spacial score (nSPS) is 15.6. The first kappa shape index (κ1) is 13.7. The molecular weight excluding hydrogens is 276 g/mol. The molecule has 20 heavy (non-hydrogen) atoms. The molecule has 0 amide bonds. The van der Waals surface area contributed by atoms with Crippen LogP contribution in [-0.4, -0.2) is 43.8 Å². The smallest absolute Gasteiger partial charge is 0.161 e. The number of methoxy groups -OCH3 is 2. The summed E-state index contributed by atoms with van der Waals surface area (Å²) in [4.78, 5) is 5.90. The van der Waals surface area contributed by atoms with Crippen LogP contribution in [0.25, 0.3) is 10.9 Å². The fourth-order valence-corrected chi connectivity index (χ4v) is 3.13. The van der Waals surface area contributed by atoms with E-state index in [1.54, 1.807) is 14.2 Å². The van der Waals surface area contributed by atoms with Crippen molar-refractivity contribution < 1.29 is 9.47 Å². The molecular formula is C15H19ClN2O2. The molecule has 0 bridgehead atoms. The summed E-state index contributed by atoms with van der Waals surface area (Å²) in [6.07, 6.45) is 1.02. The van der Waals surface area contributed by atoms with Gasteiger partial charge in [0.25, 0.3) is 0 Å². The van der Waals surface area contributed by atoms with Crippen molar-refractivity contribution >= 4 is 22.5 Å². The van der Waals surface area contributed by atoms with Crippen molar-refractivity contribution in [2.45, 2.75) is 13.0 Å². The maximum atomic E-state index is 6.19. The van der Waals surface area contributed by atoms with Gasteiger partial charge in [-0.2, -0.15) is 0 Å². The molecule has 0 saturated heterocycles. The quantitative estimate of drug-likeness (QED) is 0.942. The molecule has 4 nitrogen and oxygen atoms in total. The Morgan fingerprint density at radius 1 is 1.35 bits per heavy atom. The molecule has 0 aliphatic carbocycles. The fraction of sp³-hybridized carbons (Fsp3) is 0.467. The topological polar surface area (TPSA) is 37.5 Å². The number of hydrogen-bond donors (Lipinski definition) is 1. The second-order valence-electron chi connectivity index (χ2n) is 5.10. The van der Waals surface area contributed by atoms with Crippen LogP contribution in [0, 0.1) is 0 Å². The van der Waals surface area contributed by atoms with Crippen molar-refractivity contribution in [1.29, 1.82) is 0 Å². The van der Waals surface area contributed by atoms with E-state index in [9.17, 15) is 0 Å². The lowest BCUT2D eigenvalue weighted by atomic mass is 10.0. The highest BCUT2D eigenvalue weighted by molar-refractivity contribution is 6.33. The van der Waals surface area contributed by atoms with Crippen LogP contribution in [0.5, 0.6) is 5.75 Å². The number of benzene rings is 1. The van der Waals surface area contributed by atoms with E-state index in [2.05, 4.69) is 16.0 Å². The Bertz CT molecular complexity index is 624. The zero-order chi connectivity index (χ0) is 14.1. The summed E-state index contributed by atoms with van der Waals surface area (Å²) < 4.78 is 10.6. The molecule has 0 atom stereocenters. The van der Waals surface area contributed by atoms with Gasteiger partial charge in [0, 0.05) is 44.2 Å². The molecule has 0 saturated carbocycles. The van der Waals surface area contributed by atoms with Gasteiger partial charge < -0.3 is 14.5 Å². The van der Waals surface area contributed by atoms with E-state index in [-0.39, 0.29) is 0 Å². The molecule has 0 spiro atoms. The number of ether oxygens (including phenoxy) is 2. The largest absolute Gasteiger partial charge is 0.493 e. The van der Waals surface area contributed by atoms with Crippen molar-refractivity contribution in [2.24, 2.45) is 0 Å². The van der Waals surface area contributed by atoms with Gasteiger partial charge in [-0.1, -0.05) is 17.7 Å². The Kier molecular flexibility index (Phi) is 3.87. The molecule has 5 heteroatoms. The van der Waals surface area contributed by atoms with Crippen LogP contribution in [0.2, 0.25) is 5.02 Å². The number of aromatic nitrogens is 1. The number of rotatable bonds is 4. The number of nitrogens with zero attached hydrogens (tertiary/aromatic N) is 1. The van der Waals surface area contributed by atoms with Crippen LogP contribution in [0.4, 0.5) is 0 Å². The van der Waals surface area contributed by atoms with E-state index in [4.69, 9.17) is 21.1 Å². The lowest BCUT2D eigenvalue weighted by Gasteiger charge is -2.26. The first-order chi connectivity index (χ1) is 9.74. The molecule has 3 rings (SSSR count). The van der Waals surface area contributed by atoms with E-state index in [1.165, 1.54) is 16.6 Å². The van der Waals surface area contributed by atoms with Crippen molar-refractivity contribution in [1.82, 2.24) is 9.88 Å². The van der Waals surface area contributed by atoms with E-state index in [0.29, 0.717) is 5.02 Å². The second kappa shape index (κ2) is 5.64. The summed E-state index contributed by atoms with van der Waals surface area (Å²) in [6, 6.07) is 3.99. The summed E-state index contributed by atoms with van der Waals surface area (Å²) in [7, 11) is 3.40. The number of nitrogens with one attached hydrogen (secondary N) is 1. The molecule has 1 N–H and O–H groups in total.